The summed E-state index contributed by atoms with van der Waals surface area (Å²) in [6, 6.07) is 0. The highest BCUT2D eigenvalue weighted by atomic mass is 16.1. The van der Waals surface area contributed by atoms with Gasteiger partial charge >= 0.3 is 0 Å². The first kappa shape index (κ1) is 36.0. The fraction of sp³-hybridized carbons (Fsp3) is 0.917. The van der Waals surface area contributed by atoms with Crippen LogP contribution in [0.3, 0.4) is 0 Å². The smallest absolute Gasteiger partial charge is 0.220 e. The molecule has 1 aromatic rings. The highest BCUT2D eigenvalue weighted by molar-refractivity contribution is 5.77. The van der Waals surface area contributed by atoms with Crippen LogP contribution in [-0.4, -0.2) is 37.5 Å². The summed E-state index contributed by atoms with van der Waals surface area (Å²) in [6.07, 6.45) is 28.4. The third kappa shape index (κ3) is 12.4. The van der Waals surface area contributed by atoms with Crippen LogP contribution in [0, 0.1) is 11.3 Å². The van der Waals surface area contributed by atoms with Gasteiger partial charge in [-0.15, -0.1) is 5.10 Å². The molecule has 0 spiro atoms. The van der Waals surface area contributed by atoms with Crippen molar-refractivity contribution in [3.63, 3.8) is 0 Å². The largest absolute Gasteiger partial charge is 0.349 e. The molecule has 0 radical (unpaired) electrons. The summed E-state index contributed by atoms with van der Waals surface area (Å²) in [5, 5.41) is 12.0. The van der Waals surface area contributed by atoms with Crippen LogP contribution in [0.4, 0.5) is 0 Å². The van der Waals surface area contributed by atoms with E-state index in [1.807, 2.05) is 17.8 Å². The van der Waals surface area contributed by atoms with Crippen molar-refractivity contribution in [3.05, 3.63) is 11.9 Å². The monoisotopic (exact) mass is 601 g/mol. The Hall–Kier alpha value is -1.47. The quantitative estimate of drug-likeness (QED) is 0.196. The third-order valence-corrected chi connectivity index (χ3v) is 11.2. The van der Waals surface area contributed by atoms with Gasteiger partial charge < -0.3 is 16.8 Å². The molecule has 5 atom stereocenters. The Morgan fingerprint density at radius 2 is 1.53 bits per heavy atom. The van der Waals surface area contributed by atoms with Crippen molar-refractivity contribution in [2.75, 3.05) is 0 Å². The molecule has 5 unspecified atom stereocenters. The first-order chi connectivity index (χ1) is 20.3. The van der Waals surface area contributed by atoms with E-state index in [1.165, 1.54) is 96.3 Å². The maximum Gasteiger partial charge on any atom is 0.220 e. The van der Waals surface area contributed by atoms with Gasteiger partial charge in [0.1, 0.15) is 0 Å². The minimum Gasteiger partial charge on any atom is -0.349 e. The van der Waals surface area contributed by atoms with Gasteiger partial charge in [0, 0.05) is 36.7 Å². The lowest BCUT2D eigenvalue weighted by Gasteiger charge is -2.46. The minimum atomic E-state index is -0.540. The van der Waals surface area contributed by atoms with Gasteiger partial charge in [0.2, 0.25) is 5.91 Å². The van der Waals surface area contributed by atoms with E-state index in [4.69, 9.17) is 11.5 Å². The zero-order chi connectivity index (χ0) is 31.4. The predicted molar refractivity (Wildman–Crippen MR) is 180 cm³/mol. The number of carbonyl (C=O) groups excluding carboxylic acids is 1. The number of amides is 1. The highest BCUT2D eigenvalue weighted by Gasteiger charge is 2.48. The number of hydrogen-bond acceptors (Lipinski definition) is 5. The van der Waals surface area contributed by atoms with Crippen molar-refractivity contribution in [2.24, 2.45) is 22.8 Å². The number of nitrogens with one attached hydrogen (secondary N) is 1. The molecule has 1 aromatic heterocycles. The van der Waals surface area contributed by atoms with Gasteiger partial charge in [0.05, 0.1) is 11.2 Å². The van der Waals surface area contributed by atoms with Gasteiger partial charge in [0.15, 0.2) is 0 Å². The van der Waals surface area contributed by atoms with Gasteiger partial charge in [-0.25, -0.2) is 0 Å². The van der Waals surface area contributed by atoms with Gasteiger partial charge in [-0.1, -0.05) is 96.1 Å². The molecule has 7 heteroatoms. The lowest BCUT2D eigenvalue weighted by Crippen LogP contribution is -2.67. The zero-order valence-corrected chi connectivity index (χ0v) is 28.8. The second-order valence-electron chi connectivity index (χ2n) is 16.1. The van der Waals surface area contributed by atoms with Crippen LogP contribution >= 0.6 is 0 Å². The average molecular weight is 601 g/mol. The van der Waals surface area contributed by atoms with E-state index in [2.05, 4.69) is 43.3 Å². The third-order valence-electron chi connectivity index (χ3n) is 11.2. The molecule has 2 fully saturated rings. The number of aryl methyl sites for hydroxylation is 2. The van der Waals surface area contributed by atoms with Crippen molar-refractivity contribution in [3.8, 4) is 0 Å². The number of hydrogen-bond donors (Lipinski definition) is 3. The Labute approximate surface area is 264 Å². The van der Waals surface area contributed by atoms with Gasteiger partial charge in [-0.3, -0.25) is 9.48 Å². The summed E-state index contributed by atoms with van der Waals surface area (Å²) in [6.45, 7) is 12.1. The van der Waals surface area contributed by atoms with Crippen LogP contribution < -0.4 is 16.8 Å². The first-order valence-corrected chi connectivity index (χ1v) is 18.1. The molecule has 2 aliphatic rings. The molecule has 2 aliphatic carbocycles. The number of unbranched alkanes of at least 4 members (excludes halogenated alkanes) is 1. The molecule has 2 saturated carbocycles. The molecule has 0 aliphatic heterocycles. The second kappa shape index (κ2) is 16.7. The summed E-state index contributed by atoms with van der Waals surface area (Å²) in [4.78, 5) is 13.0. The number of nitrogens with two attached hydrogens (primary N) is 2. The maximum absolute atomic E-state index is 13.0. The van der Waals surface area contributed by atoms with Crippen LogP contribution in [0.15, 0.2) is 6.20 Å². The Morgan fingerprint density at radius 3 is 2.28 bits per heavy atom. The van der Waals surface area contributed by atoms with Crippen LogP contribution in [0.5, 0.6) is 0 Å². The van der Waals surface area contributed by atoms with E-state index in [0.717, 1.165) is 43.8 Å². The second-order valence-corrected chi connectivity index (χ2v) is 16.1. The molecule has 5 N–H and O–H groups in total. The molecular weight excluding hydrogens is 532 g/mol. The molecular formula is C36H68N6O. The summed E-state index contributed by atoms with van der Waals surface area (Å²) in [5.74, 6) is 0.886. The Balaban J connectivity index is 1.42. The molecule has 0 bridgehead atoms. The average Bonchev–Trinajstić information content (AvgIpc) is 3.34. The van der Waals surface area contributed by atoms with Crippen LogP contribution in [0.25, 0.3) is 0 Å². The van der Waals surface area contributed by atoms with Gasteiger partial charge in [-0.2, -0.15) is 0 Å². The molecule has 0 saturated heterocycles. The SMILES string of the molecule is CC1CCCCCCCCCCC(C)(CCCCn2cc(CCC(=O)NC3(C)CC(C)(N)CCCC3(C)N)nn2)CCC1. The van der Waals surface area contributed by atoms with E-state index < -0.39 is 11.1 Å². The lowest BCUT2D eigenvalue weighted by molar-refractivity contribution is -0.124. The molecule has 43 heavy (non-hydrogen) atoms. The topological polar surface area (TPSA) is 112 Å². The molecule has 3 rings (SSSR count). The molecule has 7 nitrogen and oxygen atoms in total. The fourth-order valence-corrected chi connectivity index (χ4v) is 7.92. The van der Waals surface area contributed by atoms with E-state index in [1.54, 1.807) is 0 Å². The van der Waals surface area contributed by atoms with Gasteiger partial charge in [-0.05, 0) is 83.5 Å². The van der Waals surface area contributed by atoms with E-state index >= 15 is 0 Å². The standard InChI is InChI=1S/C36H68N6O/c1-30-18-12-10-8-6-7-9-11-13-22-33(2,24-16-19-30)23-14-15-27-42-28-31(40-41-42)20-21-32(43)39-36(5)29-34(3,37)25-17-26-35(36,4)38/h28,30H,6-27,29,37-38H2,1-5H3,(H,39,43). The number of nitrogens with zero attached hydrogens (tertiary/aromatic N) is 3. The number of carbonyl (C=O) groups is 1. The van der Waals surface area contributed by atoms with Crippen LogP contribution in [0.1, 0.15) is 175 Å². The minimum absolute atomic E-state index is 0.00725. The number of aromatic nitrogens is 3. The molecule has 1 heterocycles. The van der Waals surface area contributed by atoms with Crippen LogP contribution in [-0.2, 0) is 17.8 Å². The fourth-order valence-electron chi connectivity index (χ4n) is 7.92. The van der Waals surface area contributed by atoms with Crippen molar-refractivity contribution in [2.45, 2.75) is 199 Å². The summed E-state index contributed by atoms with van der Waals surface area (Å²) < 4.78 is 1.97. The number of rotatable bonds is 9. The summed E-state index contributed by atoms with van der Waals surface area (Å²) in [5.41, 5.74) is 13.2. The Bertz CT molecular complexity index is 957. The van der Waals surface area contributed by atoms with Crippen molar-refractivity contribution >= 4 is 5.91 Å². The Morgan fingerprint density at radius 1 is 0.884 bits per heavy atom. The molecule has 1 amide bonds. The van der Waals surface area contributed by atoms with Crippen LogP contribution in [0.2, 0.25) is 0 Å². The van der Waals surface area contributed by atoms with E-state index in [9.17, 15) is 4.79 Å². The van der Waals surface area contributed by atoms with Gasteiger partial charge in [0.25, 0.3) is 0 Å². The summed E-state index contributed by atoms with van der Waals surface area (Å²) >= 11 is 0. The highest BCUT2D eigenvalue weighted by Crippen LogP contribution is 2.38. The lowest BCUT2D eigenvalue weighted by atomic mass is 9.73. The summed E-state index contributed by atoms with van der Waals surface area (Å²) in [7, 11) is 0. The van der Waals surface area contributed by atoms with E-state index in [0.29, 0.717) is 24.7 Å². The van der Waals surface area contributed by atoms with Crippen molar-refractivity contribution < 1.29 is 4.79 Å². The Kier molecular flexibility index (Phi) is 14.0. The van der Waals surface area contributed by atoms with E-state index in [-0.39, 0.29) is 11.4 Å². The van der Waals surface area contributed by atoms with Crippen molar-refractivity contribution in [1.29, 1.82) is 0 Å². The van der Waals surface area contributed by atoms with Crippen molar-refractivity contribution in [1.82, 2.24) is 20.3 Å². The normalized spacial score (nSPS) is 34.1. The zero-order valence-electron chi connectivity index (χ0n) is 28.8. The first-order valence-electron chi connectivity index (χ1n) is 18.1. The molecule has 248 valence electrons. The maximum atomic E-state index is 13.0. The molecule has 0 aromatic carbocycles. The predicted octanol–water partition coefficient (Wildman–Crippen LogP) is 7.99.